The number of aromatic nitrogens is 3. The molecule has 1 fully saturated rings. The molecule has 0 radical (unpaired) electrons. The van der Waals surface area contributed by atoms with Gasteiger partial charge < -0.3 is 9.63 Å². The second-order valence-corrected chi connectivity index (χ2v) is 11.7. The first-order chi connectivity index (χ1) is 17.2. The van der Waals surface area contributed by atoms with Crippen LogP contribution in [0, 0.1) is 5.82 Å². The van der Waals surface area contributed by atoms with Crippen LogP contribution < -0.4 is 10.0 Å². The maximum atomic E-state index is 15.2. The molecule has 5 rings (SSSR count). The Balaban J connectivity index is 1.56. The third kappa shape index (κ3) is 4.56. The largest absolute Gasteiger partial charge is 0.465 e. The molecule has 1 saturated heterocycles. The van der Waals surface area contributed by atoms with Crippen molar-refractivity contribution in [3.63, 3.8) is 0 Å². The van der Waals surface area contributed by atoms with Crippen molar-refractivity contribution in [3.05, 3.63) is 53.1 Å². The van der Waals surface area contributed by atoms with Gasteiger partial charge in [-0.15, -0.1) is 0 Å². The van der Waals surface area contributed by atoms with Gasteiger partial charge in [-0.2, -0.15) is 0 Å². The first-order valence-corrected chi connectivity index (χ1v) is 13.4. The predicted molar refractivity (Wildman–Crippen MR) is 132 cm³/mol. The maximum absolute atomic E-state index is 15.2. The van der Waals surface area contributed by atoms with Crippen molar-refractivity contribution in [2.45, 2.75) is 25.3 Å². The van der Waals surface area contributed by atoms with Crippen molar-refractivity contribution in [1.82, 2.24) is 29.5 Å². The second-order valence-electron chi connectivity index (χ2n) is 8.73. The van der Waals surface area contributed by atoms with Crippen LogP contribution in [-0.4, -0.2) is 59.6 Å². The number of amides is 1. The first-order valence-electron chi connectivity index (χ1n) is 11.1. The molecular formula is C22H23ClFN7O4S. The van der Waals surface area contributed by atoms with Crippen LogP contribution in [0.4, 0.5) is 9.18 Å². The Morgan fingerprint density at radius 3 is 2.83 bits per heavy atom. The van der Waals surface area contributed by atoms with Gasteiger partial charge in [0.2, 0.25) is 5.96 Å². The number of nitrogens with one attached hydrogen (secondary N) is 2. The number of thiol groups is 1. The molecule has 4 heterocycles. The summed E-state index contributed by atoms with van der Waals surface area (Å²) < 4.78 is 39.2. The van der Waals surface area contributed by atoms with Crippen LogP contribution in [0.15, 0.2) is 46.2 Å². The van der Waals surface area contributed by atoms with Gasteiger partial charge in [0.25, 0.3) is 0 Å². The van der Waals surface area contributed by atoms with Gasteiger partial charge in [0.15, 0.2) is 17.3 Å². The van der Waals surface area contributed by atoms with E-state index in [2.05, 4.69) is 30.2 Å². The molecule has 0 saturated carbocycles. The molecule has 0 spiro atoms. The van der Waals surface area contributed by atoms with Crippen molar-refractivity contribution in [3.8, 4) is 22.8 Å². The predicted octanol–water partition coefficient (Wildman–Crippen LogP) is 2.98. The highest BCUT2D eigenvalue weighted by molar-refractivity contribution is 7.99. The number of rotatable bonds is 3. The summed E-state index contributed by atoms with van der Waals surface area (Å²) in [6.07, 6.45) is 3.01. The van der Waals surface area contributed by atoms with Crippen molar-refractivity contribution in [1.29, 1.82) is 0 Å². The molecule has 3 N–H and O–H groups in total. The number of carbonyl (C=O) groups is 1. The quantitative estimate of drug-likeness (QED) is 0.377. The molecule has 0 bridgehead atoms. The normalized spacial score (nSPS) is 22.2. The van der Waals surface area contributed by atoms with Gasteiger partial charge in [0, 0.05) is 53.0 Å². The van der Waals surface area contributed by atoms with Crippen LogP contribution in [0.2, 0.25) is 5.02 Å². The number of benzene rings is 1. The van der Waals surface area contributed by atoms with Crippen molar-refractivity contribution in [2.24, 2.45) is 4.99 Å². The summed E-state index contributed by atoms with van der Waals surface area (Å²) in [7, 11) is -3.31. The number of nitrogens with zero attached hydrogens (tertiary/aromatic N) is 5. The Morgan fingerprint density at radius 2 is 2.08 bits per heavy atom. The molecule has 0 aliphatic carbocycles. The average Bonchev–Trinajstić information content (AvgIpc) is 3.22. The van der Waals surface area contributed by atoms with Crippen molar-refractivity contribution < 1.29 is 23.0 Å². The number of carboxylic acid groups (broad SMARTS) is 1. The Hall–Kier alpha value is -3.42. The highest BCUT2D eigenvalue weighted by Crippen LogP contribution is 2.38. The monoisotopic (exact) mass is 535 g/mol. The standard InChI is InChI=1S/C22H23ClFN7O4S/c1-22(12-36(34)27-6-2-3-7-31(36)20(29-22)28-21(32)33)15-8-13(4-5-16(15)24)18-9-17(30-35-18)19-25-10-14(23)11-26-19/h4-5,8-11,36H,2-3,6-7,12H2,1H3,(H,27,34)(H,28,29)(H,32,33)/t22-/m0/s1. The van der Waals surface area contributed by atoms with E-state index in [1.807, 2.05) is 0 Å². The lowest BCUT2D eigenvalue weighted by molar-refractivity contribution is 0.199. The summed E-state index contributed by atoms with van der Waals surface area (Å²) in [4.78, 5) is 24.3. The molecule has 14 heteroatoms. The molecule has 2 aliphatic heterocycles. The number of halogens is 2. The van der Waals surface area contributed by atoms with Crippen LogP contribution in [0.5, 0.6) is 0 Å². The Kier molecular flexibility index (Phi) is 6.22. The van der Waals surface area contributed by atoms with Crippen LogP contribution in [-0.2, 0) is 15.8 Å². The van der Waals surface area contributed by atoms with E-state index < -0.39 is 27.8 Å². The van der Waals surface area contributed by atoms with Gasteiger partial charge in [0.1, 0.15) is 11.4 Å². The molecule has 2 aromatic heterocycles. The Labute approximate surface area is 211 Å². The van der Waals surface area contributed by atoms with Crippen molar-refractivity contribution in [2.75, 3.05) is 18.8 Å². The SMILES string of the molecule is C[C@@]1(c2cc(-c3cc(-c4ncc(Cl)cn4)no3)ccc2F)C[SH]2(=O)NCCCCN2C(NC(=O)O)=N1. The van der Waals surface area contributed by atoms with Gasteiger partial charge in [-0.25, -0.2) is 28.9 Å². The number of hydrogen-bond acceptors (Lipinski definition) is 7. The molecular weight excluding hydrogens is 513 g/mol. The second kappa shape index (κ2) is 9.22. The third-order valence-corrected chi connectivity index (χ3v) is 9.20. The highest BCUT2D eigenvalue weighted by atomic mass is 35.5. The molecule has 1 aromatic carbocycles. The van der Waals surface area contributed by atoms with E-state index in [-0.39, 0.29) is 17.3 Å². The average molecular weight is 536 g/mol. The Bertz CT molecular complexity index is 1400. The molecule has 1 atom stereocenters. The van der Waals surface area contributed by atoms with Crippen molar-refractivity contribution >= 4 is 34.0 Å². The summed E-state index contributed by atoms with van der Waals surface area (Å²) in [5, 5.41) is 16.0. The van der Waals surface area contributed by atoms with E-state index in [1.165, 1.54) is 28.8 Å². The van der Waals surface area contributed by atoms with Gasteiger partial charge in [-0.3, -0.25) is 13.8 Å². The minimum atomic E-state index is -3.31. The topological polar surface area (TPSA) is 146 Å². The lowest BCUT2D eigenvalue weighted by Gasteiger charge is -2.46. The van der Waals surface area contributed by atoms with E-state index in [9.17, 15) is 14.1 Å². The van der Waals surface area contributed by atoms with E-state index in [1.54, 1.807) is 19.1 Å². The molecule has 0 unspecified atom stereocenters. The lowest BCUT2D eigenvalue weighted by atomic mass is 9.92. The number of hydrogen-bond donors (Lipinski definition) is 4. The molecule has 190 valence electrons. The molecule has 1 amide bonds. The summed E-state index contributed by atoms with van der Waals surface area (Å²) in [5.41, 5.74) is -0.321. The van der Waals surface area contributed by atoms with Gasteiger partial charge in [-0.1, -0.05) is 16.8 Å². The van der Waals surface area contributed by atoms with Crippen LogP contribution >= 0.6 is 11.6 Å². The maximum Gasteiger partial charge on any atom is 0.411 e. The summed E-state index contributed by atoms with van der Waals surface area (Å²) in [6.45, 7) is 2.51. The van der Waals surface area contributed by atoms with Crippen LogP contribution in [0.1, 0.15) is 25.3 Å². The van der Waals surface area contributed by atoms with Gasteiger partial charge in [-0.05, 0) is 38.0 Å². The van der Waals surface area contributed by atoms with E-state index >= 15 is 4.39 Å². The smallest absolute Gasteiger partial charge is 0.411 e. The lowest BCUT2D eigenvalue weighted by Crippen LogP contribution is -2.61. The highest BCUT2D eigenvalue weighted by Gasteiger charge is 2.44. The minimum absolute atomic E-state index is 0.0224. The zero-order valence-corrected chi connectivity index (χ0v) is 20.8. The minimum Gasteiger partial charge on any atom is -0.465 e. The first kappa shape index (κ1) is 24.3. The van der Waals surface area contributed by atoms with Gasteiger partial charge in [0.05, 0.1) is 10.8 Å². The van der Waals surface area contributed by atoms with E-state index in [0.717, 1.165) is 6.42 Å². The number of fused-ring (bicyclic) bond motifs is 1. The summed E-state index contributed by atoms with van der Waals surface area (Å²) in [5.74, 6) is -0.0257. The fourth-order valence-electron chi connectivity index (χ4n) is 4.42. The summed E-state index contributed by atoms with van der Waals surface area (Å²) in [6, 6.07) is 5.95. The zero-order chi connectivity index (χ0) is 25.5. The van der Waals surface area contributed by atoms with Crippen LogP contribution in [0.3, 0.4) is 0 Å². The molecule has 3 aromatic rings. The number of guanidine groups is 1. The molecule has 11 nitrogen and oxygen atoms in total. The van der Waals surface area contributed by atoms with Gasteiger partial charge >= 0.3 is 6.09 Å². The zero-order valence-electron chi connectivity index (χ0n) is 19.1. The molecule has 2 aliphatic rings. The van der Waals surface area contributed by atoms with E-state index in [0.29, 0.717) is 47.4 Å². The van der Waals surface area contributed by atoms with Crippen LogP contribution in [0.25, 0.3) is 22.8 Å². The molecule has 36 heavy (non-hydrogen) atoms. The third-order valence-electron chi connectivity index (χ3n) is 6.07. The fraction of sp³-hybridized carbons (Fsp3) is 0.318. The fourth-order valence-corrected chi connectivity index (χ4v) is 7.42. The Morgan fingerprint density at radius 1 is 1.31 bits per heavy atom. The summed E-state index contributed by atoms with van der Waals surface area (Å²) >= 11 is 5.84. The van der Waals surface area contributed by atoms with E-state index in [4.69, 9.17) is 16.1 Å². The number of aliphatic imine (C=N–C) groups is 1.